The predicted molar refractivity (Wildman–Crippen MR) is 85.7 cm³/mol. The summed E-state index contributed by atoms with van der Waals surface area (Å²) in [5, 5.41) is 13.0. The van der Waals surface area contributed by atoms with E-state index in [-0.39, 0.29) is 11.5 Å². The number of ether oxygens (including phenoxy) is 1. The van der Waals surface area contributed by atoms with Gasteiger partial charge in [0.1, 0.15) is 11.3 Å². The van der Waals surface area contributed by atoms with Crippen molar-refractivity contribution in [3.8, 4) is 6.07 Å². The first-order valence-electron chi connectivity index (χ1n) is 7.86. The summed E-state index contributed by atoms with van der Waals surface area (Å²) < 4.78 is 18.6. The fourth-order valence-electron chi connectivity index (χ4n) is 3.33. The highest BCUT2D eigenvalue weighted by Gasteiger charge is 2.50. The molecule has 1 N–H and O–H groups in total. The molecule has 22 heavy (non-hydrogen) atoms. The standard InChI is InChI=1S/C17H22N2O2S/c1-14-5-7-15(8-6-14)22(20)13-16(11-18)12-21-17(19-16)9-3-2-4-10-17/h5-8,19H,2-4,9-10,12-13H2,1H3/t16-,22?/m1/s1. The molecule has 0 radical (unpaired) electrons. The van der Waals surface area contributed by atoms with Gasteiger partial charge in [-0.15, -0.1) is 0 Å². The minimum atomic E-state index is -1.21. The molecule has 5 heteroatoms. The van der Waals surface area contributed by atoms with E-state index in [9.17, 15) is 9.47 Å². The summed E-state index contributed by atoms with van der Waals surface area (Å²) in [7, 11) is -1.21. The van der Waals surface area contributed by atoms with Gasteiger partial charge in [-0.3, -0.25) is 9.53 Å². The molecule has 1 aliphatic carbocycles. The van der Waals surface area contributed by atoms with Gasteiger partial charge < -0.3 is 4.74 Å². The highest BCUT2D eigenvalue weighted by atomic mass is 32.2. The van der Waals surface area contributed by atoms with Crippen LogP contribution >= 0.6 is 0 Å². The van der Waals surface area contributed by atoms with E-state index in [2.05, 4.69) is 11.4 Å². The number of hydrogen-bond donors (Lipinski definition) is 1. The van der Waals surface area contributed by atoms with Crippen LogP contribution < -0.4 is 5.32 Å². The zero-order chi connectivity index (χ0) is 15.6. The largest absolute Gasteiger partial charge is 0.358 e. The average Bonchev–Trinajstić information content (AvgIpc) is 2.87. The maximum atomic E-state index is 12.6. The molecule has 0 bridgehead atoms. The molecule has 4 nitrogen and oxygen atoms in total. The summed E-state index contributed by atoms with van der Waals surface area (Å²) in [6, 6.07) is 9.99. The van der Waals surface area contributed by atoms with Crippen LogP contribution in [0.4, 0.5) is 0 Å². The number of nitrogens with one attached hydrogen (secondary N) is 1. The number of hydrogen-bond acceptors (Lipinski definition) is 4. The van der Waals surface area contributed by atoms with Gasteiger partial charge in [0.05, 0.1) is 29.2 Å². The third kappa shape index (κ3) is 3.10. The molecular weight excluding hydrogens is 296 g/mol. The van der Waals surface area contributed by atoms with Crippen LogP contribution in [0.3, 0.4) is 0 Å². The predicted octanol–water partition coefficient (Wildman–Crippen LogP) is 2.65. The Labute approximate surface area is 134 Å². The summed E-state index contributed by atoms with van der Waals surface area (Å²) in [5.41, 5.74) is -0.0716. The Morgan fingerprint density at radius 1 is 1.27 bits per heavy atom. The van der Waals surface area contributed by atoms with Crippen molar-refractivity contribution in [2.24, 2.45) is 0 Å². The number of nitrogens with zero attached hydrogens (tertiary/aromatic N) is 1. The lowest BCUT2D eigenvalue weighted by atomic mass is 9.91. The molecule has 1 aliphatic heterocycles. The minimum absolute atomic E-state index is 0.272. The summed E-state index contributed by atoms with van der Waals surface area (Å²) in [5.74, 6) is 0.272. The maximum absolute atomic E-state index is 12.6. The second-order valence-electron chi connectivity index (χ2n) is 6.47. The Bertz CT molecular complexity index is 602. The highest BCUT2D eigenvalue weighted by molar-refractivity contribution is 7.85. The van der Waals surface area contributed by atoms with Crippen LogP contribution in [0.15, 0.2) is 29.2 Å². The van der Waals surface area contributed by atoms with Crippen LogP contribution in [0.25, 0.3) is 0 Å². The van der Waals surface area contributed by atoms with Crippen molar-refractivity contribution >= 4 is 10.8 Å². The third-order valence-electron chi connectivity index (χ3n) is 4.60. The van der Waals surface area contributed by atoms with Crippen molar-refractivity contribution in [2.75, 3.05) is 12.4 Å². The van der Waals surface area contributed by atoms with Crippen molar-refractivity contribution in [1.82, 2.24) is 5.32 Å². The molecule has 1 unspecified atom stereocenters. The minimum Gasteiger partial charge on any atom is -0.358 e. The van der Waals surface area contributed by atoms with Gasteiger partial charge in [-0.1, -0.05) is 24.1 Å². The highest BCUT2D eigenvalue weighted by Crippen LogP contribution is 2.36. The Hall–Kier alpha value is -1.22. The molecule has 1 aromatic rings. The zero-order valence-electron chi connectivity index (χ0n) is 12.9. The maximum Gasteiger partial charge on any atom is 0.144 e. The van der Waals surface area contributed by atoms with E-state index in [0.717, 1.165) is 36.1 Å². The molecule has 1 saturated heterocycles. The molecular formula is C17H22N2O2S. The molecule has 2 atom stereocenters. The van der Waals surface area contributed by atoms with Crippen molar-refractivity contribution in [1.29, 1.82) is 5.26 Å². The Kier molecular flexibility index (Phi) is 4.35. The van der Waals surface area contributed by atoms with E-state index in [1.54, 1.807) is 0 Å². The number of benzene rings is 1. The lowest BCUT2D eigenvalue weighted by Crippen LogP contribution is -2.54. The lowest BCUT2D eigenvalue weighted by molar-refractivity contribution is -0.0383. The van der Waals surface area contributed by atoms with Gasteiger partial charge in [-0.2, -0.15) is 5.26 Å². The number of nitriles is 1. The van der Waals surface area contributed by atoms with Gasteiger partial charge in [-0.05, 0) is 44.7 Å². The van der Waals surface area contributed by atoms with E-state index in [4.69, 9.17) is 4.74 Å². The quantitative estimate of drug-likeness (QED) is 0.930. The smallest absolute Gasteiger partial charge is 0.144 e. The van der Waals surface area contributed by atoms with Gasteiger partial charge in [0.2, 0.25) is 0 Å². The Morgan fingerprint density at radius 2 is 1.95 bits per heavy atom. The van der Waals surface area contributed by atoms with E-state index in [1.165, 1.54) is 6.42 Å². The fraction of sp³-hybridized carbons (Fsp3) is 0.588. The summed E-state index contributed by atoms with van der Waals surface area (Å²) in [4.78, 5) is 0.770. The molecule has 0 amide bonds. The molecule has 1 saturated carbocycles. The van der Waals surface area contributed by atoms with Crippen LogP contribution in [0.5, 0.6) is 0 Å². The molecule has 1 spiro atoms. The molecule has 1 heterocycles. The van der Waals surface area contributed by atoms with Crippen molar-refractivity contribution in [2.45, 2.75) is 55.2 Å². The SMILES string of the molecule is Cc1ccc(S(=O)C[C@@]2(C#N)COC3(CCCCC3)N2)cc1. The molecule has 2 fully saturated rings. The van der Waals surface area contributed by atoms with E-state index >= 15 is 0 Å². The second kappa shape index (κ2) is 6.11. The van der Waals surface area contributed by atoms with E-state index in [1.807, 2.05) is 31.2 Å². The first-order valence-corrected chi connectivity index (χ1v) is 9.18. The van der Waals surface area contributed by atoms with Crippen molar-refractivity contribution in [3.05, 3.63) is 29.8 Å². The molecule has 2 aliphatic rings. The van der Waals surface area contributed by atoms with Crippen LogP contribution in [-0.4, -0.2) is 27.8 Å². The van der Waals surface area contributed by atoms with Gasteiger partial charge in [0, 0.05) is 4.90 Å². The third-order valence-corrected chi connectivity index (χ3v) is 6.15. The number of aryl methyl sites for hydroxylation is 1. The van der Waals surface area contributed by atoms with Gasteiger partial charge in [-0.25, -0.2) is 0 Å². The van der Waals surface area contributed by atoms with Crippen LogP contribution in [0, 0.1) is 18.3 Å². The van der Waals surface area contributed by atoms with Crippen molar-refractivity contribution < 1.29 is 8.95 Å². The normalized spacial score (nSPS) is 28.4. The average molecular weight is 318 g/mol. The fourth-order valence-corrected chi connectivity index (χ4v) is 4.60. The zero-order valence-corrected chi connectivity index (χ0v) is 13.7. The second-order valence-corrected chi connectivity index (χ2v) is 7.92. The molecule has 1 aromatic carbocycles. The van der Waals surface area contributed by atoms with Crippen LogP contribution in [0.2, 0.25) is 0 Å². The molecule has 3 rings (SSSR count). The van der Waals surface area contributed by atoms with Gasteiger partial charge in [0.25, 0.3) is 0 Å². The Balaban J connectivity index is 1.73. The lowest BCUT2D eigenvalue weighted by Gasteiger charge is -2.34. The Morgan fingerprint density at radius 3 is 2.59 bits per heavy atom. The molecule has 0 aromatic heterocycles. The van der Waals surface area contributed by atoms with E-state index < -0.39 is 16.3 Å². The monoisotopic (exact) mass is 318 g/mol. The van der Waals surface area contributed by atoms with E-state index in [0.29, 0.717) is 6.61 Å². The molecule has 118 valence electrons. The first kappa shape index (κ1) is 15.7. The van der Waals surface area contributed by atoms with Crippen molar-refractivity contribution in [3.63, 3.8) is 0 Å². The van der Waals surface area contributed by atoms with Crippen LogP contribution in [-0.2, 0) is 15.5 Å². The van der Waals surface area contributed by atoms with Gasteiger partial charge in [0.15, 0.2) is 0 Å². The summed E-state index contributed by atoms with van der Waals surface area (Å²) >= 11 is 0. The van der Waals surface area contributed by atoms with Crippen LogP contribution in [0.1, 0.15) is 37.7 Å². The summed E-state index contributed by atoms with van der Waals surface area (Å²) in [6.07, 6.45) is 5.34. The van der Waals surface area contributed by atoms with Gasteiger partial charge >= 0.3 is 0 Å². The topological polar surface area (TPSA) is 62.1 Å². The summed E-state index contributed by atoms with van der Waals surface area (Å²) in [6.45, 7) is 2.32. The number of rotatable bonds is 3. The first-order chi connectivity index (χ1) is 10.6.